The van der Waals surface area contributed by atoms with E-state index in [0.717, 1.165) is 22.2 Å². The first kappa shape index (κ1) is 13.3. The Morgan fingerprint density at radius 2 is 1.86 bits per heavy atom. The Morgan fingerprint density at radius 3 is 2.67 bits per heavy atom. The van der Waals surface area contributed by atoms with Crippen LogP contribution in [0.5, 0.6) is 0 Å². The molecule has 0 radical (unpaired) electrons. The van der Waals surface area contributed by atoms with E-state index >= 15 is 0 Å². The van der Waals surface area contributed by atoms with Crippen LogP contribution in [-0.2, 0) is 11.2 Å². The summed E-state index contributed by atoms with van der Waals surface area (Å²) in [6, 6.07) is 17.8. The average Bonchev–Trinajstić information content (AvgIpc) is 2.49. The zero-order chi connectivity index (χ0) is 14.7. The molecule has 0 saturated heterocycles. The molecule has 21 heavy (non-hydrogen) atoms. The SMILES string of the molecule is Cc1ccc(CC(=O)Nc2cnc3ccccc3c2)cc1. The fourth-order valence-corrected chi connectivity index (χ4v) is 2.24. The fraction of sp³-hybridized carbons (Fsp3) is 0.111. The summed E-state index contributed by atoms with van der Waals surface area (Å²) in [7, 11) is 0. The highest BCUT2D eigenvalue weighted by Gasteiger charge is 2.05. The number of hydrogen-bond acceptors (Lipinski definition) is 2. The molecular weight excluding hydrogens is 260 g/mol. The number of rotatable bonds is 3. The summed E-state index contributed by atoms with van der Waals surface area (Å²) in [6.07, 6.45) is 2.06. The van der Waals surface area contributed by atoms with Crippen LogP contribution in [0.3, 0.4) is 0 Å². The van der Waals surface area contributed by atoms with Crippen molar-refractivity contribution in [1.29, 1.82) is 0 Å². The normalized spacial score (nSPS) is 10.5. The molecule has 104 valence electrons. The number of nitrogens with zero attached hydrogens (tertiary/aromatic N) is 1. The van der Waals surface area contributed by atoms with E-state index in [0.29, 0.717) is 6.42 Å². The van der Waals surface area contributed by atoms with Gasteiger partial charge >= 0.3 is 0 Å². The minimum atomic E-state index is -0.0315. The molecule has 1 heterocycles. The predicted octanol–water partition coefficient (Wildman–Crippen LogP) is 3.72. The van der Waals surface area contributed by atoms with E-state index < -0.39 is 0 Å². The monoisotopic (exact) mass is 276 g/mol. The van der Waals surface area contributed by atoms with E-state index in [1.165, 1.54) is 5.56 Å². The summed E-state index contributed by atoms with van der Waals surface area (Å²) in [6.45, 7) is 2.03. The van der Waals surface area contributed by atoms with Gasteiger partial charge in [-0.1, -0.05) is 48.0 Å². The van der Waals surface area contributed by atoms with Gasteiger partial charge in [-0.3, -0.25) is 9.78 Å². The number of fused-ring (bicyclic) bond motifs is 1. The number of amides is 1. The van der Waals surface area contributed by atoms with Crippen molar-refractivity contribution in [3.8, 4) is 0 Å². The molecule has 3 aromatic rings. The summed E-state index contributed by atoms with van der Waals surface area (Å²) in [5.41, 5.74) is 3.85. The molecule has 1 amide bonds. The van der Waals surface area contributed by atoms with Crippen LogP contribution in [0, 0.1) is 6.92 Å². The Bertz CT molecular complexity index is 779. The van der Waals surface area contributed by atoms with Gasteiger partial charge in [0, 0.05) is 5.39 Å². The number of anilines is 1. The Hall–Kier alpha value is -2.68. The predicted molar refractivity (Wildman–Crippen MR) is 85.3 cm³/mol. The van der Waals surface area contributed by atoms with Crippen LogP contribution >= 0.6 is 0 Å². The van der Waals surface area contributed by atoms with Crippen LogP contribution in [0.4, 0.5) is 5.69 Å². The third-order valence-electron chi connectivity index (χ3n) is 3.36. The molecule has 1 aromatic heterocycles. The van der Waals surface area contributed by atoms with E-state index in [-0.39, 0.29) is 5.91 Å². The molecule has 3 rings (SSSR count). The third kappa shape index (κ3) is 3.26. The number of para-hydroxylation sites is 1. The lowest BCUT2D eigenvalue weighted by Gasteiger charge is -2.06. The molecule has 0 atom stereocenters. The second-order valence-corrected chi connectivity index (χ2v) is 5.13. The summed E-state index contributed by atoms with van der Waals surface area (Å²) >= 11 is 0. The molecule has 0 aliphatic rings. The largest absolute Gasteiger partial charge is 0.324 e. The van der Waals surface area contributed by atoms with Crippen molar-refractivity contribution < 1.29 is 4.79 Å². The van der Waals surface area contributed by atoms with Crippen molar-refractivity contribution in [2.75, 3.05) is 5.32 Å². The van der Waals surface area contributed by atoms with Gasteiger partial charge in [0.25, 0.3) is 0 Å². The standard InChI is InChI=1S/C18H16N2O/c1-13-6-8-14(9-7-13)10-18(21)20-16-11-15-4-2-3-5-17(15)19-12-16/h2-9,11-12H,10H2,1H3,(H,20,21). The Labute approximate surface area is 123 Å². The topological polar surface area (TPSA) is 42.0 Å². The van der Waals surface area contributed by atoms with Gasteiger partial charge < -0.3 is 5.32 Å². The van der Waals surface area contributed by atoms with E-state index in [1.807, 2.05) is 61.5 Å². The zero-order valence-corrected chi connectivity index (χ0v) is 11.8. The molecule has 1 N–H and O–H groups in total. The maximum Gasteiger partial charge on any atom is 0.228 e. The third-order valence-corrected chi connectivity index (χ3v) is 3.36. The van der Waals surface area contributed by atoms with Crippen LogP contribution in [0.1, 0.15) is 11.1 Å². The lowest BCUT2D eigenvalue weighted by molar-refractivity contribution is -0.115. The molecule has 0 saturated carbocycles. The van der Waals surface area contributed by atoms with Gasteiger partial charge in [0.05, 0.1) is 23.8 Å². The highest BCUT2D eigenvalue weighted by Crippen LogP contribution is 2.16. The molecule has 0 fully saturated rings. The van der Waals surface area contributed by atoms with E-state index in [4.69, 9.17) is 0 Å². The zero-order valence-electron chi connectivity index (χ0n) is 11.8. The maximum absolute atomic E-state index is 12.1. The molecule has 0 unspecified atom stereocenters. The minimum absolute atomic E-state index is 0.0315. The summed E-state index contributed by atoms with van der Waals surface area (Å²) < 4.78 is 0. The van der Waals surface area contributed by atoms with Gasteiger partial charge in [0.2, 0.25) is 5.91 Å². The molecule has 0 aliphatic heterocycles. The Balaban J connectivity index is 1.72. The highest BCUT2D eigenvalue weighted by atomic mass is 16.1. The van der Waals surface area contributed by atoms with Crippen LogP contribution in [0.25, 0.3) is 10.9 Å². The van der Waals surface area contributed by atoms with Crippen molar-refractivity contribution in [2.24, 2.45) is 0 Å². The number of benzene rings is 2. The van der Waals surface area contributed by atoms with Gasteiger partial charge in [0.1, 0.15) is 0 Å². The molecule has 0 aliphatic carbocycles. The van der Waals surface area contributed by atoms with Gasteiger partial charge in [-0.25, -0.2) is 0 Å². The van der Waals surface area contributed by atoms with Gasteiger partial charge in [-0.15, -0.1) is 0 Å². The van der Waals surface area contributed by atoms with Crippen LogP contribution < -0.4 is 5.32 Å². The number of hydrogen-bond donors (Lipinski definition) is 1. The number of carbonyl (C=O) groups excluding carboxylic acids is 1. The molecule has 0 bridgehead atoms. The second-order valence-electron chi connectivity index (χ2n) is 5.13. The first-order valence-corrected chi connectivity index (χ1v) is 6.91. The first-order valence-electron chi connectivity index (χ1n) is 6.91. The van der Waals surface area contributed by atoms with Crippen molar-refractivity contribution in [2.45, 2.75) is 13.3 Å². The average molecular weight is 276 g/mol. The van der Waals surface area contributed by atoms with Crippen molar-refractivity contribution in [3.05, 3.63) is 71.9 Å². The Kier molecular flexibility index (Phi) is 3.65. The lowest BCUT2D eigenvalue weighted by Crippen LogP contribution is -2.14. The molecule has 3 heteroatoms. The van der Waals surface area contributed by atoms with Crippen LogP contribution in [0.2, 0.25) is 0 Å². The number of nitrogens with one attached hydrogen (secondary N) is 1. The lowest BCUT2D eigenvalue weighted by atomic mass is 10.1. The van der Waals surface area contributed by atoms with Crippen LogP contribution in [-0.4, -0.2) is 10.9 Å². The van der Waals surface area contributed by atoms with Gasteiger partial charge in [-0.05, 0) is 24.6 Å². The number of pyridine rings is 1. The summed E-state index contributed by atoms with van der Waals surface area (Å²) in [5, 5.41) is 3.91. The summed E-state index contributed by atoms with van der Waals surface area (Å²) in [4.78, 5) is 16.4. The van der Waals surface area contributed by atoms with Gasteiger partial charge in [-0.2, -0.15) is 0 Å². The molecular formula is C18H16N2O. The molecule has 2 aromatic carbocycles. The van der Waals surface area contributed by atoms with E-state index in [2.05, 4.69) is 10.3 Å². The first-order chi connectivity index (χ1) is 10.2. The number of aromatic nitrogens is 1. The highest BCUT2D eigenvalue weighted by molar-refractivity contribution is 5.94. The minimum Gasteiger partial charge on any atom is -0.324 e. The maximum atomic E-state index is 12.1. The second kappa shape index (κ2) is 5.75. The van der Waals surface area contributed by atoms with Crippen molar-refractivity contribution >= 4 is 22.5 Å². The fourth-order valence-electron chi connectivity index (χ4n) is 2.24. The van der Waals surface area contributed by atoms with E-state index in [1.54, 1.807) is 6.20 Å². The van der Waals surface area contributed by atoms with Crippen molar-refractivity contribution in [1.82, 2.24) is 4.98 Å². The van der Waals surface area contributed by atoms with Crippen molar-refractivity contribution in [3.63, 3.8) is 0 Å². The van der Waals surface area contributed by atoms with Gasteiger partial charge in [0.15, 0.2) is 0 Å². The smallest absolute Gasteiger partial charge is 0.228 e. The Morgan fingerprint density at radius 1 is 1.10 bits per heavy atom. The summed E-state index contributed by atoms with van der Waals surface area (Å²) in [5.74, 6) is -0.0315. The number of aryl methyl sites for hydroxylation is 1. The van der Waals surface area contributed by atoms with Crippen LogP contribution in [0.15, 0.2) is 60.8 Å². The quantitative estimate of drug-likeness (QED) is 0.792. The number of carbonyl (C=O) groups is 1. The molecule has 3 nitrogen and oxygen atoms in total. The van der Waals surface area contributed by atoms with E-state index in [9.17, 15) is 4.79 Å². The molecule has 0 spiro atoms.